The molecule has 1 aromatic carbocycles. The van der Waals surface area contributed by atoms with Crippen molar-refractivity contribution in [1.82, 2.24) is 15.5 Å². The topological polar surface area (TPSA) is 42.9 Å². The Balaban J connectivity index is 1.76. The van der Waals surface area contributed by atoms with Crippen LogP contribution in [0.4, 0.5) is 5.69 Å². The van der Waals surface area contributed by atoms with E-state index in [-0.39, 0.29) is 0 Å². The van der Waals surface area contributed by atoms with Crippen molar-refractivity contribution < 1.29 is 0 Å². The molecule has 0 amide bonds. The van der Waals surface area contributed by atoms with E-state index in [1.54, 1.807) is 0 Å². The minimum Gasteiger partial charge on any atom is -0.364 e. The molecule has 0 radical (unpaired) electrons. The van der Waals surface area contributed by atoms with Gasteiger partial charge in [-0.1, -0.05) is 24.3 Å². The highest BCUT2D eigenvalue weighted by atomic mass is 15.2. The highest BCUT2D eigenvalue weighted by Crippen LogP contribution is 2.17. The quantitative estimate of drug-likeness (QED) is 0.427. The number of nitrogens with zero attached hydrogens (tertiary/aromatic N) is 3. The van der Waals surface area contributed by atoms with E-state index < -0.39 is 0 Å². The zero-order chi connectivity index (χ0) is 18.9. The van der Waals surface area contributed by atoms with Crippen molar-refractivity contribution in [2.75, 3.05) is 38.1 Å². The number of benzene rings is 1. The van der Waals surface area contributed by atoms with E-state index in [0.29, 0.717) is 12.1 Å². The van der Waals surface area contributed by atoms with Crippen LogP contribution in [-0.4, -0.2) is 56.2 Å². The van der Waals surface area contributed by atoms with Gasteiger partial charge in [-0.25, -0.2) is 0 Å². The van der Waals surface area contributed by atoms with E-state index in [0.717, 1.165) is 38.7 Å². The zero-order valence-corrected chi connectivity index (χ0v) is 17.0. The summed E-state index contributed by atoms with van der Waals surface area (Å²) < 4.78 is 0. The third-order valence-electron chi connectivity index (χ3n) is 4.79. The molecule has 1 aromatic rings. The van der Waals surface area contributed by atoms with Crippen molar-refractivity contribution in [3.63, 3.8) is 0 Å². The van der Waals surface area contributed by atoms with Crippen molar-refractivity contribution >= 4 is 11.6 Å². The standard InChI is InChI=1S/C21H35N5/c1-17(2)26(18(3)4)15-12-23-21(22-5)24-16-19-8-10-20(11-9-19)25-13-6-7-14-25/h6-11,17-18H,12-16H2,1-5H3,(H2,22,23,24). The number of aliphatic imine (C=N–C) groups is 1. The fraction of sp³-hybridized carbons (Fsp3) is 0.571. The van der Waals surface area contributed by atoms with Crippen molar-refractivity contribution in [2.45, 2.75) is 46.3 Å². The monoisotopic (exact) mass is 357 g/mol. The second kappa shape index (κ2) is 10.2. The van der Waals surface area contributed by atoms with Gasteiger partial charge in [0.05, 0.1) is 0 Å². The molecule has 0 spiro atoms. The van der Waals surface area contributed by atoms with Gasteiger partial charge in [0.1, 0.15) is 0 Å². The Morgan fingerprint density at radius 1 is 1.04 bits per heavy atom. The van der Waals surface area contributed by atoms with Crippen molar-refractivity contribution in [2.24, 2.45) is 4.99 Å². The Kier molecular flexibility index (Phi) is 7.98. The number of nitrogens with one attached hydrogen (secondary N) is 2. The molecule has 0 unspecified atom stereocenters. The van der Waals surface area contributed by atoms with Gasteiger partial charge in [-0.05, 0) is 45.4 Å². The van der Waals surface area contributed by atoms with Crippen LogP contribution < -0.4 is 15.5 Å². The van der Waals surface area contributed by atoms with Gasteiger partial charge in [-0.3, -0.25) is 9.89 Å². The number of anilines is 1. The summed E-state index contributed by atoms with van der Waals surface area (Å²) in [5, 5.41) is 6.82. The summed E-state index contributed by atoms with van der Waals surface area (Å²) in [6, 6.07) is 9.87. The van der Waals surface area contributed by atoms with E-state index >= 15 is 0 Å². The Bertz CT molecular complexity index is 573. The maximum absolute atomic E-state index is 4.33. The molecule has 1 aliphatic rings. The van der Waals surface area contributed by atoms with E-state index in [1.165, 1.54) is 11.3 Å². The normalized spacial score (nSPS) is 14.8. The molecule has 1 heterocycles. The number of rotatable bonds is 8. The van der Waals surface area contributed by atoms with Gasteiger partial charge in [0, 0.05) is 57.5 Å². The lowest BCUT2D eigenvalue weighted by Crippen LogP contribution is -2.45. The highest BCUT2D eigenvalue weighted by molar-refractivity contribution is 5.79. The largest absolute Gasteiger partial charge is 0.364 e. The smallest absolute Gasteiger partial charge is 0.191 e. The van der Waals surface area contributed by atoms with Gasteiger partial charge in [0.2, 0.25) is 0 Å². The first kappa shape index (κ1) is 20.3. The molecule has 5 heteroatoms. The number of guanidine groups is 1. The molecule has 2 rings (SSSR count). The van der Waals surface area contributed by atoms with Gasteiger partial charge in [0.25, 0.3) is 0 Å². The SMILES string of the molecule is CN=C(NCCN(C(C)C)C(C)C)NCc1ccc(N2CC=CC2)cc1. The molecule has 1 aliphatic heterocycles. The van der Waals surface area contributed by atoms with Crippen LogP contribution in [-0.2, 0) is 6.54 Å². The number of hydrogen-bond acceptors (Lipinski definition) is 3. The minimum atomic E-state index is 0.552. The second-order valence-electron chi connectivity index (χ2n) is 7.32. The Morgan fingerprint density at radius 3 is 2.19 bits per heavy atom. The van der Waals surface area contributed by atoms with Gasteiger partial charge in [-0.2, -0.15) is 0 Å². The second-order valence-corrected chi connectivity index (χ2v) is 7.32. The maximum atomic E-state index is 4.33. The lowest BCUT2D eigenvalue weighted by Gasteiger charge is -2.30. The third-order valence-corrected chi connectivity index (χ3v) is 4.79. The molecule has 0 saturated heterocycles. The van der Waals surface area contributed by atoms with E-state index in [2.05, 4.69) is 89.5 Å². The predicted molar refractivity (Wildman–Crippen MR) is 113 cm³/mol. The summed E-state index contributed by atoms with van der Waals surface area (Å²) in [7, 11) is 1.82. The first-order valence-electron chi connectivity index (χ1n) is 9.70. The molecule has 2 N–H and O–H groups in total. The van der Waals surface area contributed by atoms with Crippen LogP contribution in [0.2, 0.25) is 0 Å². The summed E-state index contributed by atoms with van der Waals surface area (Å²) >= 11 is 0. The molecule has 0 saturated carbocycles. The van der Waals surface area contributed by atoms with Crippen LogP contribution >= 0.6 is 0 Å². The lowest BCUT2D eigenvalue weighted by molar-refractivity contribution is 0.178. The van der Waals surface area contributed by atoms with Crippen molar-refractivity contribution in [1.29, 1.82) is 0 Å². The van der Waals surface area contributed by atoms with Crippen LogP contribution in [0.5, 0.6) is 0 Å². The van der Waals surface area contributed by atoms with E-state index in [4.69, 9.17) is 0 Å². The van der Waals surface area contributed by atoms with Crippen molar-refractivity contribution in [3.8, 4) is 0 Å². The van der Waals surface area contributed by atoms with Crippen molar-refractivity contribution in [3.05, 3.63) is 42.0 Å². The van der Waals surface area contributed by atoms with Gasteiger partial charge >= 0.3 is 0 Å². The fourth-order valence-corrected chi connectivity index (χ4v) is 3.34. The molecular weight excluding hydrogens is 322 g/mol. The van der Waals surface area contributed by atoms with Crippen LogP contribution in [0.1, 0.15) is 33.3 Å². The Labute approximate surface area is 159 Å². The summed E-state index contributed by atoms with van der Waals surface area (Å²) in [5.74, 6) is 0.852. The lowest BCUT2D eigenvalue weighted by atomic mass is 10.2. The molecule has 0 fully saturated rings. The predicted octanol–water partition coefficient (Wildman–Crippen LogP) is 2.85. The fourth-order valence-electron chi connectivity index (χ4n) is 3.34. The van der Waals surface area contributed by atoms with Crippen LogP contribution in [0.25, 0.3) is 0 Å². The van der Waals surface area contributed by atoms with Crippen LogP contribution in [0, 0.1) is 0 Å². The average molecular weight is 358 g/mol. The van der Waals surface area contributed by atoms with E-state index in [1.807, 2.05) is 7.05 Å². The molecule has 0 aliphatic carbocycles. The summed E-state index contributed by atoms with van der Waals surface area (Å²) in [6.45, 7) is 13.7. The van der Waals surface area contributed by atoms with Crippen LogP contribution in [0.15, 0.2) is 41.4 Å². The van der Waals surface area contributed by atoms with Crippen LogP contribution in [0.3, 0.4) is 0 Å². The molecule has 26 heavy (non-hydrogen) atoms. The summed E-state index contributed by atoms with van der Waals surface area (Å²) in [6.07, 6.45) is 4.43. The van der Waals surface area contributed by atoms with Gasteiger partial charge < -0.3 is 15.5 Å². The Hall–Kier alpha value is -2.01. The molecule has 0 aromatic heterocycles. The van der Waals surface area contributed by atoms with Gasteiger partial charge in [-0.15, -0.1) is 0 Å². The Morgan fingerprint density at radius 2 is 1.65 bits per heavy atom. The van der Waals surface area contributed by atoms with E-state index in [9.17, 15) is 0 Å². The maximum Gasteiger partial charge on any atom is 0.191 e. The summed E-state index contributed by atoms with van der Waals surface area (Å²) in [5.41, 5.74) is 2.54. The van der Waals surface area contributed by atoms with Gasteiger partial charge in [0.15, 0.2) is 5.96 Å². The minimum absolute atomic E-state index is 0.552. The zero-order valence-electron chi connectivity index (χ0n) is 17.0. The molecule has 0 atom stereocenters. The highest BCUT2D eigenvalue weighted by Gasteiger charge is 2.12. The first-order chi connectivity index (χ1) is 12.5. The molecule has 5 nitrogen and oxygen atoms in total. The molecular formula is C21H35N5. The third kappa shape index (κ3) is 6.06. The number of hydrogen-bond donors (Lipinski definition) is 2. The molecule has 144 valence electrons. The average Bonchev–Trinajstić information content (AvgIpc) is 3.15. The summed E-state index contributed by atoms with van der Waals surface area (Å²) in [4.78, 5) is 9.16. The molecule has 0 bridgehead atoms. The first-order valence-corrected chi connectivity index (χ1v) is 9.70.